The normalized spacial score (nSPS) is 16.1. The lowest BCUT2D eigenvalue weighted by atomic mass is 9.95. The number of benzene rings is 2. The monoisotopic (exact) mass is 425 g/mol. The van der Waals surface area contributed by atoms with E-state index in [0.29, 0.717) is 0 Å². The number of hydrogen-bond acceptors (Lipinski definition) is 4. The molecule has 1 aliphatic rings. The van der Waals surface area contributed by atoms with Gasteiger partial charge in [-0.1, -0.05) is 58.4 Å². The van der Waals surface area contributed by atoms with Crippen LogP contribution in [0.3, 0.4) is 0 Å². The van der Waals surface area contributed by atoms with E-state index in [9.17, 15) is 0 Å². The molecule has 0 N–H and O–H groups in total. The first-order valence-corrected chi connectivity index (χ1v) is 10.1. The Morgan fingerprint density at radius 1 is 1.00 bits per heavy atom. The van der Waals surface area contributed by atoms with Crippen LogP contribution in [0.2, 0.25) is 0 Å². The molecule has 1 unspecified atom stereocenters. The van der Waals surface area contributed by atoms with Crippen molar-refractivity contribution in [1.29, 1.82) is 0 Å². The van der Waals surface area contributed by atoms with Gasteiger partial charge >= 0.3 is 0 Å². The van der Waals surface area contributed by atoms with Crippen LogP contribution in [0.1, 0.15) is 49.3 Å². The van der Waals surface area contributed by atoms with Gasteiger partial charge < -0.3 is 0 Å². The Hall–Kier alpha value is -2.05. The van der Waals surface area contributed by atoms with Crippen molar-refractivity contribution in [2.45, 2.75) is 45.3 Å². The first-order valence-electron chi connectivity index (χ1n) is 9.29. The fourth-order valence-corrected chi connectivity index (χ4v) is 4.28. The van der Waals surface area contributed by atoms with Crippen molar-refractivity contribution in [2.75, 3.05) is 6.54 Å². The average Bonchev–Trinajstić information content (AvgIpc) is 3.13. The molecule has 4 rings (SSSR count). The summed E-state index contributed by atoms with van der Waals surface area (Å²) in [6, 6.07) is 17.1. The van der Waals surface area contributed by atoms with Crippen molar-refractivity contribution >= 4 is 15.9 Å². The first-order chi connectivity index (χ1) is 12.9. The molecule has 1 atom stereocenters. The minimum atomic E-state index is -0.188. The van der Waals surface area contributed by atoms with Crippen LogP contribution in [-0.4, -0.2) is 31.7 Å². The summed E-state index contributed by atoms with van der Waals surface area (Å²) < 4.78 is 3.04. The van der Waals surface area contributed by atoms with E-state index >= 15 is 0 Å². The number of nitrogens with zero attached hydrogens (tertiary/aromatic N) is 5. The Labute approximate surface area is 168 Å². The summed E-state index contributed by atoms with van der Waals surface area (Å²) in [7, 11) is 0. The number of hydrogen-bond donors (Lipinski definition) is 0. The highest BCUT2D eigenvalue weighted by Gasteiger charge is 2.33. The summed E-state index contributed by atoms with van der Waals surface area (Å²) in [6.07, 6.45) is 1.04. The van der Waals surface area contributed by atoms with Gasteiger partial charge in [0, 0.05) is 17.6 Å². The van der Waals surface area contributed by atoms with Crippen LogP contribution in [0.5, 0.6) is 0 Å². The SMILES string of the molecule is CC(C)(C)n1nnnc1C(c1ccccc1Br)N1CCc2ccccc2C1. The molecular weight excluding hydrogens is 402 g/mol. The molecule has 0 spiro atoms. The number of halogens is 1. The predicted octanol–water partition coefficient (Wildman–Crippen LogP) is 4.34. The lowest BCUT2D eigenvalue weighted by Gasteiger charge is -2.36. The second-order valence-corrected chi connectivity index (χ2v) is 8.89. The van der Waals surface area contributed by atoms with Crippen molar-refractivity contribution in [3.05, 3.63) is 75.5 Å². The van der Waals surface area contributed by atoms with Gasteiger partial charge in [0.2, 0.25) is 0 Å². The molecule has 0 saturated heterocycles. The molecule has 6 heteroatoms. The molecule has 27 heavy (non-hydrogen) atoms. The van der Waals surface area contributed by atoms with Crippen LogP contribution >= 0.6 is 15.9 Å². The molecule has 1 aliphatic heterocycles. The lowest BCUT2D eigenvalue weighted by Crippen LogP contribution is -2.38. The minimum absolute atomic E-state index is 0.0110. The van der Waals surface area contributed by atoms with Crippen LogP contribution in [0.4, 0.5) is 0 Å². The topological polar surface area (TPSA) is 46.8 Å². The molecule has 3 aromatic rings. The zero-order valence-corrected chi connectivity index (χ0v) is 17.5. The molecular formula is C21H24BrN5. The largest absolute Gasteiger partial charge is 0.285 e. The zero-order chi connectivity index (χ0) is 19.0. The van der Waals surface area contributed by atoms with E-state index in [2.05, 4.69) is 99.6 Å². The molecule has 0 saturated carbocycles. The molecule has 2 heterocycles. The highest BCUT2D eigenvalue weighted by Crippen LogP contribution is 2.36. The second-order valence-electron chi connectivity index (χ2n) is 8.03. The second kappa shape index (κ2) is 7.17. The van der Waals surface area contributed by atoms with Crippen molar-refractivity contribution in [1.82, 2.24) is 25.1 Å². The van der Waals surface area contributed by atoms with Gasteiger partial charge in [-0.05, 0) is 60.4 Å². The molecule has 0 radical (unpaired) electrons. The maximum atomic E-state index is 4.47. The Morgan fingerprint density at radius 2 is 1.70 bits per heavy atom. The van der Waals surface area contributed by atoms with Crippen molar-refractivity contribution < 1.29 is 0 Å². The van der Waals surface area contributed by atoms with Crippen molar-refractivity contribution in [2.24, 2.45) is 0 Å². The summed E-state index contributed by atoms with van der Waals surface area (Å²) in [5.41, 5.74) is 3.83. The van der Waals surface area contributed by atoms with Crippen LogP contribution in [-0.2, 0) is 18.5 Å². The molecule has 0 amide bonds. The Bertz CT molecular complexity index is 943. The Balaban J connectivity index is 1.82. The van der Waals surface area contributed by atoms with Gasteiger partial charge in [-0.25, -0.2) is 4.68 Å². The molecule has 0 fully saturated rings. The van der Waals surface area contributed by atoms with E-state index in [1.165, 1.54) is 16.7 Å². The molecule has 0 aliphatic carbocycles. The summed E-state index contributed by atoms with van der Waals surface area (Å²) in [6.45, 7) is 8.26. The van der Waals surface area contributed by atoms with E-state index in [1.54, 1.807) is 0 Å². The Kier molecular flexibility index (Phi) is 4.86. The Morgan fingerprint density at radius 3 is 2.44 bits per heavy atom. The predicted molar refractivity (Wildman–Crippen MR) is 109 cm³/mol. The van der Waals surface area contributed by atoms with Crippen LogP contribution < -0.4 is 0 Å². The quantitative estimate of drug-likeness (QED) is 0.625. The molecule has 2 aromatic carbocycles. The van der Waals surface area contributed by atoms with Crippen molar-refractivity contribution in [3.63, 3.8) is 0 Å². The highest BCUT2D eigenvalue weighted by atomic mass is 79.9. The third-order valence-corrected chi connectivity index (χ3v) is 5.82. The van der Waals surface area contributed by atoms with Crippen LogP contribution in [0.15, 0.2) is 53.0 Å². The first kappa shape index (κ1) is 18.3. The fourth-order valence-electron chi connectivity index (χ4n) is 3.78. The molecule has 1 aromatic heterocycles. The average molecular weight is 426 g/mol. The highest BCUT2D eigenvalue weighted by molar-refractivity contribution is 9.10. The van der Waals surface area contributed by atoms with Crippen molar-refractivity contribution in [3.8, 4) is 0 Å². The number of rotatable bonds is 3. The van der Waals surface area contributed by atoms with E-state index < -0.39 is 0 Å². The zero-order valence-electron chi connectivity index (χ0n) is 15.9. The third-order valence-electron chi connectivity index (χ3n) is 5.10. The van der Waals surface area contributed by atoms with Gasteiger partial charge in [-0.2, -0.15) is 0 Å². The molecule has 140 valence electrons. The van der Waals surface area contributed by atoms with E-state index in [-0.39, 0.29) is 11.6 Å². The van der Waals surface area contributed by atoms with Gasteiger partial charge in [-0.3, -0.25) is 4.90 Å². The fraction of sp³-hybridized carbons (Fsp3) is 0.381. The van der Waals surface area contributed by atoms with E-state index in [4.69, 9.17) is 0 Å². The molecule has 0 bridgehead atoms. The summed E-state index contributed by atoms with van der Waals surface area (Å²) in [5.74, 6) is 0.883. The number of aromatic nitrogens is 4. The van der Waals surface area contributed by atoms with Crippen LogP contribution in [0.25, 0.3) is 0 Å². The van der Waals surface area contributed by atoms with Gasteiger partial charge in [0.05, 0.1) is 11.6 Å². The van der Waals surface area contributed by atoms with Crippen LogP contribution in [0, 0.1) is 0 Å². The third kappa shape index (κ3) is 3.56. The number of fused-ring (bicyclic) bond motifs is 1. The van der Waals surface area contributed by atoms with Gasteiger partial charge in [0.25, 0.3) is 0 Å². The smallest absolute Gasteiger partial charge is 0.173 e. The van der Waals surface area contributed by atoms with Gasteiger partial charge in [-0.15, -0.1) is 5.10 Å². The van der Waals surface area contributed by atoms with Gasteiger partial charge in [0.15, 0.2) is 5.82 Å². The van der Waals surface area contributed by atoms with E-state index in [0.717, 1.165) is 29.8 Å². The molecule has 5 nitrogen and oxygen atoms in total. The van der Waals surface area contributed by atoms with Gasteiger partial charge in [0.1, 0.15) is 0 Å². The summed E-state index contributed by atoms with van der Waals surface area (Å²) in [5, 5.41) is 12.8. The van der Waals surface area contributed by atoms with E-state index in [1.807, 2.05) is 10.7 Å². The maximum Gasteiger partial charge on any atom is 0.173 e. The minimum Gasteiger partial charge on any atom is -0.285 e. The summed E-state index contributed by atoms with van der Waals surface area (Å²) in [4.78, 5) is 2.48. The lowest BCUT2D eigenvalue weighted by molar-refractivity contribution is 0.185. The maximum absolute atomic E-state index is 4.47. The summed E-state index contributed by atoms with van der Waals surface area (Å²) >= 11 is 3.75. The standard InChI is InChI=1S/C21H24BrN5/c1-21(2,3)27-20(23-24-25-27)19(17-10-6-7-11-18(17)22)26-13-12-15-8-4-5-9-16(15)14-26/h4-11,19H,12-14H2,1-3H3. The number of tetrazole rings is 1.